The van der Waals surface area contributed by atoms with Gasteiger partial charge in [0.1, 0.15) is 0 Å². The zero-order valence-corrected chi connectivity index (χ0v) is 11.0. The van der Waals surface area contributed by atoms with Crippen molar-refractivity contribution >= 4 is 5.91 Å². The summed E-state index contributed by atoms with van der Waals surface area (Å²) in [7, 11) is 0. The minimum atomic E-state index is -0.282. The Morgan fingerprint density at radius 3 is 2.12 bits per heavy atom. The average molecular weight is 228 g/mol. The van der Waals surface area contributed by atoms with E-state index in [2.05, 4.69) is 0 Å². The van der Waals surface area contributed by atoms with Gasteiger partial charge >= 0.3 is 0 Å². The maximum atomic E-state index is 12.0. The molecule has 0 spiro atoms. The number of amides is 1. The molecule has 1 rings (SSSR count). The highest BCUT2D eigenvalue weighted by atomic mass is 16.5. The molecule has 0 aromatic rings. The van der Waals surface area contributed by atoms with E-state index >= 15 is 0 Å². The number of carbonyl (C=O) groups excluding carboxylic acids is 1. The van der Waals surface area contributed by atoms with Crippen molar-refractivity contribution in [3.8, 4) is 0 Å². The first kappa shape index (κ1) is 13.5. The largest absolute Gasteiger partial charge is 0.366 e. The van der Waals surface area contributed by atoms with Crippen LogP contribution in [0.5, 0.6) is 0 Å². The number of nitrogens with two attached hydrogens (primary N) is 1. The van der Waals surface area contributed by atoms with Crippen LogP contribution < -0.4 is 5.73 Å². The molecule has 0 aliphatic carbocycles. The van der Waals surface area contributed by atoms with E-state index in [1.807, 2.05) is 39.5 Å². The summed E-state index contributed by atoms with van der Waals surface area (Å²) in [6.07, 6.45) is 0.409. The van der Waals surface area contributed by atoms with Gasteiger partial charge in [-0.15, -0.1) is 0 Å². The Morgan fingerprint density at radius 2 is 1.75 bits per heavy atom. The molecule has 4 nitrogen and oxygen atoms in total. The maximum Gasteiger partial charge on any atom is 0.224 e. The zero-order valence-electron chi connectivity index (χ0n) is 11.0. The third-order valence-corrected chi connectivity index (χ3v) is 2.55. The highest BCUT2D eigenvalue weighted by Gasteiger charge is 2.39. The lowest BCUT2D eigenvalue weighted by atomic mass is 9.98. The van der Waals surface area contributed by atoms with E-state index in [1.54, 1.807) is 0 Å². The Labute approximate surface area is 98.1 Å². The van der Waals surface area contributed by atoms with Crippen LogP contribution in [0.15, 0.2) is 0 Å². The van der Waals surface area contributed by atoms with Gasteiger partial charge in [0.2, 0.25) is 5.91 Å². The molecule has 1 atom stereocenters. The Hall–Kier alpha value is -0.610. The molecular weight excluding hydrogens is 204 g/mol. The summed E-state index contributed by atoms with van der Waals surface area (Å²) >= 11 is 0. The van der Waals surface area contributed by atoms with Crippen LogP contribution in [0.2, 0.25) is 0 Å². The van der Waals surface area contributed by atoms with Crippen molar-refractivity contribution in [3.05, 3.63) is 0 Å². The number of rotatable bonds is 2. The SMILES string of the molecule is CC(N)CC(=O)N1CC(C)(C)OC(C)(C)C1. The van der Waals surface area contributed by atoms with Crippen LogP contribution >= 0.6 is 0 Å². The van der Waals surface area contributed by atoms with Crippen molar-refractivity contribution in [1.82, 2.24) is 4.90 Å². The first-order chi connectivity index (χ1) is 7.11. The standard InChI is InChI=1S/C12H24N2O2/c1-9(13)6-10(15)14-7-11(2,3)16-12(4,5)8-14/h9H,6-8,13H2,1-5H3. The zero-order chi connectivity index (χ0) is 12.6. The van der Waals surface area contributed by atoms with Crippen LogP contribution in [0.3, 0.4) is 0 Å². The molecule has 1 fully saturated rings. The van der Waals surface area contributed by atoms with Crippen LogP contribution in [0.4, 0.5) is 0 Å². The van der Waals surface area contributed by atoms with E-state index in [9.17, 15) is 4.79 Å². The smallest absolute Gasteiger partial charge is 0.224 e. The lowest BCUT2D eigenvalue weighted by molar-refractivity contribution is -0.188. The number of hydrogen-bond donors (Lipinski definition) is 1. The second-order valence-electron chi connectivity index (χ2n) is 6.05. The molecule has 0 aromatic heterocycles. The van der Waals surface area contributed by atoms with E-state index < -0.39 is 0 Å². The normalized spacial score (nSPS) is 25.2. The maximum absolute atomic E-state index is 12.0. The highest BCUT2D eigenvalue weighted by Crippen LogP contribution is 2.28. The summed E-state index contributed by atoms with van der Waals surface area (Å²) in [5, 5.41) is 0. The number of nitrogens with zero attached hydrogens (tertiary/aromatic N) is 1. The van der Waals surface area contributed by atoms with Gasteiger partial charge in [0.15, 0.2) is 0 Å². The first-order valence-corrected chi connectivity index (χ1v) is 5.85. The van der Waals surface area contributed by atoms with E-state index in [0.717, 1.165) is 0 Å². The lowest BCUT2D eigenvalue weighted by Crippen LogP contribution is -2.59. The molecule has 1 heterocycles. The molecule has 4 heteroatoms. The van der Waals surface area contributed by atoms with Gasteiger partial charge in [-0.1, -0.05) is 0 Å². The second-order valence-corrected chi connectivity index (χ2v) is 6.05. The molecule has 2 N–H and O–H groups in total. The molecule has 1 aliphatic heterocycles. The van der Waals surface area contributed by atoms with Gasteiger partial charge in [-0.25, -0.2) is 0 Å². The Balaban J connectivity index is 2.71. The molecule has 1 saturated heterocycles. The third-order valence-electron chi connectivity index (χ3n) is 2.55. The third kappa shape index (κ3) is 3.76. The number of hydrogen-bond acceptors (Lipinski definition) is 3. The van der Waals surface area contributed by atoms with E-state index in [0.29, 0.717) is 19.5 Å². The number of morpholine rings is 1. The summed E-state index contributed by atoms with van der Waals surface area (Å²) in [5.41, 5.74) is 5.09. The summed E-state index contributed by atoms with van der Waals surface area (Å²) < 4.78 is 5.92. The second kappa shape index (κ2) is 4.34. The van der Waals surface area contributed by atoms with Gasteiger partial charge in [-0.3, -0.25) is 4.79 Å². The quantitative estimate of drug-likeness (QED) is 0.771. The van der Waals surface area contributed by atoms with Gasteiger partial charge < -0.3 is 15.4 Å². The van der Waals surface area contributed by atoms with Gasteiger partial charge in [-0.2, -0.15) is 0 Å². The molecule has 0 bridgehead atoms. The van der Waals surface area contributed by atoms with Crippen molar-refractivity contribution in [1.29, 1.82) is 0 Å². The molecule has 1 aliphatic rings. The minimum Gasteiger partial charge on any atom is -0.366 e. The fourth-order valence-electron chi connectivity index (χ4n) is 2.37. The number of carbonyl (C=O) groups is 1. The summed E-state index contributed by atoms with van der Waals surface area (Å²) in [6, 6.07) is -0.0819. The summed E-state index contributed by atoms with van der Waals surface area (Å²) in [6.45, 7) is 11.2. The van der Waals surface area contributed by atoms with Crippen molar-refractivity contribution in [2.75, 3.05) is 13.1 Å². The predicted octanol–water partition coefficient (Wildman–Crippen LogP) is 1.14. The molecule has 0 radical (unpaired) electrons. The molecular formula is C12H24N2O2. The van der Waals surface area contributed by atoms with Crippen LogP contribution in [-0.2, 0) is 9.53 Å². The first-order valence-electron chi connectivity index (χ1n) is 5.85. The fourth-order valence-corrected chi connectivity index (χ4v) is 2.37. The van der Waals surface area contributed by atoms with E-state index in [-0.39, 0.29) is 23.2 Å². The summed E-state index contributed by atoms with van der Waals surface area (Å²) in [4.78, 5) is 13.8. The van der Waals surface area contributed by atoms with E-state index in [1.165, 1.54) is 0 Å². The fraction of sp³-hybridized carbons (Fsp3) is 0.917. The molecule has 0 aromatic carbocycles. The molecule has 94 valence electrons. The van der Waals surface area contributed by atoms with Crippen LogP contribution in [-0.4, -0.2) is 41.1 Å². The van der Waals surface area contributed by atoms with Crippen molar-refractivity contribution in [2.45, 2.75) is 58.3 Å². The van der Waals surface area contributed by atoms with Gasteiger partial charge in [0.05, 0.1) is 11.2 Å². The van der Waals surface area contributed by atoms with Crippen molar-refractivity contribution in [3.63, 3.8) is 0 Å². The predicted molar refractivity (Wildman–Crippen MR) is 64.1 cm³/mol. The van der Waals surface area contributed by atoms with Gasteiger partial charge in [-0.05, 0) is 34.6 Å². The number of ether oxygens (including phenoxy) is 1. The Bertz CT molecular complexity index is 256. The highest BCUT2D eigenvalue weighted by molar-refractivity contribution is 5.77. The van der Waals surface area contributed by atoms with Crippen molar-refractivity contribution in [2.24, 2.45) is 5.73 Å². The van der Waals surface area contributed by atoms with Crippen molar-refractivity contribution < 1.29 is 9.53 Å². The van der Waals surface area contributed by atoms with E-state index in [4.69, 9.17) is 10.5 Å². The van der Waals surface area contributed by atoms with Crippen LogP contribution in [0.25, 0.3) is 0 Å². The Kier molecular flexibility index (Phi) is 3.65. The molecule has 16 heavy (non-hydrogen) atoms. The van der Waals surface area contributed by atoms with Crippen LogP contribution in [0, 0.1) is 0 Å². The monoisotopic (exact) mass is 228 g/mol. The van der Waals surface area contributed by atoms with Gasteiger partial charge in [0, 0.05) is 25.6 Å². The minimum absolute atomic E-state index is 0.0819. The topological polar surface area (TPSA) is 55.6 Å². The average Bonchev–Trinajstić information content (AvgIpc) is 1.96. The Morgan fingerprint density at radius 1 is 1.31 bits per heavy atom. The van der Waals surface area contributed by atoms with Crippen LogP contribution in [0.1, 0.15) is 41.0 Å². The summed E-state index contributed by atoms with van der Waals surface area (Å²) in [5.74, 6) is 0.124. The van der Waals surface area contributed by atoms with Gasteiger partial charge in [0.25, 0.3) is 0 Å². The lowest BCUT2D eigenvalue weighted by Gasteiger charge is -2.47. The molecule has 1 amide bonds. The molecule has 0 saturated carbocycles. The molecule has 1 unspecified atom stereocenters.